The lowest BCUT2D eigenvalue weighted by molar-refractivity contribution is 0.251. The molecule has 0 atom stereocenters. The van der Waals surface area contributed by atoms with Crippen LogP contribution in [0.25, 0.3) is 0 Å². The van der Waals surface area contributed by atoms with Crippen molar-refractivity contribution in [2.75, 3.05) is 0 Å². The summed E-state index contributed by atoms with van der Waals surface area (Å²) in [7, 11) is 1.86. The molecule has 4 nitrogen and oxygen atoms in total. The number of rotatable bonds is 7. The fraction of sp³-hybridized carbons (Fsp3) is 0.417. The largest absolute Gasteiger partial charge is 0.464 e. The molecule has 7 heteroatoms. The van der Waals surface area contributed by atoms with Crippen molar-refractivity contribution in [3.63, 3.8) is 0 Å². The molecule has 0 bridgehead atoms. The first-order valence-electron chi connectivity index (χ1n) is 5.79. The monoisotopic (exact) mass is 287 g/mol. The number of halogens is 2. The smallest absolute Gasteiger partial charge is 0.284 e. The van der Waals surface area contributed by atoms with E-state index in [1.54, 1.807) is 23.0 Å². The van der Waals surface area contributed by atoms with Gasteiger partial charge in [-0.1, -0.05) is 11.8 Å². The Labute approximate surface area is 114 Å². The number of nitrogens with zero attached hydrogens (tertiary/aromatic N) is 2. The quantitative estimate of drug-likeness (QED) is 0.850. The highest BCUT2D eigenvalue weighted by molar-refractivity contribution is 7.98. The molecule has 0 aliphatic rings. The Hall–Kier alpha value is -1.34. The lowest BCUT2D eigenvalue weighted by Gasteiger charge is -2.00. The Morgan fingerprint density at radius 1 is 1.37 bits per heavy atom. The van der Waals surface area contributed by atoms with Gasteiger partial charge in [-0.25, -0.2) is 0 Å². The summed E-state index contributed by atoms with van der Waals surface area (Å²) >= 11 is 0.563. The Kier molecular flexibility index (Phi) is 4.98. The number of furan rings is 1. The second-order valence-corrected chi connectivity index (χ2v) is 5.04. The molecule has 0 unspecified atom stereocenters. The topological polar surface area (TPSA) is 43.0 Å². The highest BCUT2D eigenvalue weighted by Gasteiger charge is 2.07. The lowest BCUT2D eigenvalue weighted by Crippen LogP contribution is -2.11. The molecule has 19 heavy (non-hydrogen) atoms. The van der Waals surface area contributed by atoms with Crippen molar-refractivity contribution in [3.05, 3.63) is 41.6 Å². The minimum atomic E-state index is -2.36. The van der Waals surface area contributed by atoms with E-state index < -0.39 is 5.76 Å². The van der Waals surface area contributed by atoms with Crippen LogP contribution >= 0.6 is 11.8 Å². The Morgan fingerprint density at radius 2 is 2.16 bits per heavy atom. The van der Waals surface area contributed by atoms with E-state index in [2.05, 4.69) is 10.4 Å². The summed E-state index contributed by atoms with van der Waals surface area (Å²) in [4.78, 5) is 0. The van der Waals surface area contributed by atoms with Gasteiger partial charge < -0.3 is 9.73 Å². The Morgan fingerprint density at radius 3 is 2.84 bits per heavy atom. The summed E-state index contributed by atoms with van der Waals surface area (Å²) in [6, 6.07) is 3.54. The van der Waals surface area contributed by atoms with Crippen LogP contribution < -0.4 is 5.32 Å². The van der Waals surface area contributed by atoms with Crippen molar-refractivity contribution in [3.8, 4) is 0 Å². The third-order valence-corrected chi connectivity index (χ3v) is 3.16. The van der Waals surface area contributed by atoms with Crippen molar-refractivity contribution in [2.24, 2.45) is 7.05 Å². The molecule has 0 saturated carbocycles. The zero-order valence-electron chi connectivity index (χ0n) is 10.5. The van der Waals surface area contributed by atoms with Crippen LogP contribution in [-0.4, -0.2) is 15.5 Å². The van der Waals surface area contributed by atoms with Gasteiger partial charge in [0.15, 0.2) is 0 Å². The average molecular weight is 287 g/mol. The molecule has 0 saturated heterocycles. The van der Waals surface area contributed by atoms with E-state index in [0.717, 1.165) is 11.3 Å². The van der Waals surface area contributed by atoms with Gasteiger partial charge in [0, 0.05) is 25.4 Å². The molecule has 1 N–H and O–H groups in total. The summed E-state index contributed by atoms with van der Waals surface area (Å²) in [5, 5.41) is 7.27. The minimum absolute atomic E-state index is 0.195. The molecule has 0 aromatic carbocycles. The van der Waals surface area contributed by atoms with Gasteiger partial charge >= 0.3 is 0 Å². The molecule has 0 fully saturated rings. The predicted octanol–water partition coefficient (Wildman–Crippen LogP) is 2.76. The number of thioether (sulfide) groups is 1. The second-order valence-electron chi connectivity index (χ2n) is 4.07. The van der Waals surface area contributed by atoms with Crippen LogP contribution in [0.1, 0.15) is 17.1 Å². The van der Waals surface area contributed by atoms with E-state index in [9.17, 15) is 8.78 Å². The molecule has 2 aromatic heterocycles. The van der Waals surface area contributed by atoms with E-state index in [0.29, 0.717) is 30.6 Å². The van der Waals surface area contributed by atoms with E-state index in [1.165, 1.54) is 0 Å². The molecule has 0 aliphatic carbocycles. The molecule has 2 heterocycles. The summed E-state index contributed by atoms with van der Waals surface area (Å²) in [5.74, 6) is -0.852. The van der Waals surface area contributed by atoms with Crippen LogP contribution in [0, 0.1) is 0 Å². The molecule has 0 spiro atoms. The fourth-order valence-corrected chi connectivity index (χ4v) is 2.08. The van der Waals surface area contributed by atoms with Gasteiger partial charge in [-0.15, -0.1) is 0 Å². The van der Waals surface area contributed by atoms with E-state index >= 15 is 0 Å². The third-order valence-electron chi connectivity index (χ3n) is 2.46. The Bertz CT molecular complexity index is 513. The SMILES string of the molecule is Cn1cc(CNCc2ccc(CSC(F)F)o2)cn1. The normalized spacial score (nSPS) is 11.4. The van der Waals surface area contributed by atoms with Gasteiger partial charge in [-0.05, 0) is 12.1 Å². The zero-order valence-corrected chi connectivity index (χ0v) is 11.3. The predicted molar refractivity (Wildman–Crippen MR) is 69.8 cm³/mol. The van der Waals surface area contributed by atoms with Crippen molar-refractivity contribution in [1.29, 1.82) is 0 Å². The Balaban J connectivity index is 1.74. The van der Waals surface area contributed by atoms with Crippen LogP contribution in [0.4, 0.5) is 8.78 Å². The van der Waals surface area contributed by atoms with E-state index in [4.69, 9.17) is 4.42 Å². The maximum Gasteiger partial charge on any atom is 0.284 e. The first-order valence-corrected chi connectivity index (χ1v) is 6.84. The summed E-state index contributed by atoms with van der Waals surface area (Å²) < 4.78 is 31.2. The van der Waals surface area contributed by atoms with Crippen LogP contribution in [0.15, 0.2) is 28.9 Å². The maximum atomic E-state index is 12.0. The number of aryl methyl sites for hydroxylation is 1. The highest BCUT2D eigenvalue weighted by Crippen LogP contribution is 2.21. The van der Waals surface area contributed by atoms with Gasteiger partial charge in [0.1, 0.15) is 11.5 Å². The van der Waals surface area contributed by atoms with Gasteiger partial charge in [0.05, 0.1) is 18.5 Å². The molecule has 0 amide bonds. The molecule has 104 valence electrons. The van der Waals surface area contributed by atoms with Gasteiger partial charge in [-0.3, -0.25) is 4.68 Å². The number of aromatic nitrogens is 2. The molecule has 2 rings (SSSR count). The summed E-state index contributed by atoms with van der Waals surface area (Å²) in [6.07, 6.45) is 3.72. The highest BCUT2D eigenvalue weighted by atomic mass is 32.2. The van der Waals surface area contributed by atoms with Crippen molar-refractivity contribution >= 4 is 11.8 Å². The number of alkyl halides is 2. The molecule has 2 aromatic rings. The first kappa shape index (κ1) is 14.1. The van der Waals surface area contributed by atoms with Crippen LogP contribution in [0.2, 0.25) is 0 Å². The van der Waals surface area contributed by atoms with Crippen molar-refractivity contribution in [1.82, 2.24) is 15.1 Å². The molecular weight excluding hydrogens is 272 g/mol. The summed E-state index contributed by atoms with van der Waals surface area (Å²) in [6.45, 7) is 1.25. The number of hydrogen-bond acceptors (Lipinski definition) is 4. The van der Waals surface area contributed by atoms with Crippen molar-refractivity contribution in [2.45, 2.75) is 24.6 Å². The van der Waals surface area contributed by atoms with Crippen LogP contribution in [0.5, 0.6) is 0 Å². The summed E-state index contributed by atoms with van der Waals surface area (Å²) in [5.41, 5.74) is 1.09. The fourth-order valence-electron chi connectivity index (χ4n) is 1.63. The first-order chi connectivity index (χ1) is 9.13. The van der Waals surface area contributed by atoms with E-state index in [-0.39, 0.29) is 5.75 Å². The maximum absolute atomic E-state index is 12.0. The molecule has 0 radical (unpaired) electrons. The average Bonchev–Trinajstić information content (AvgIpc) is 2.96. The van der Waals surface area contributed by atoms with Crippen molar-refractivity contribution < 1.29 is 13.2 Å². The molecule has 0 aliphatic heterocycles. The molecular formula is C12H15F2N3OS. The van der Waals surface area contributed by atoms with Crippen LogP contribution in [-0.2, 0) is 25.9 Å². The zero-order chi connectivity index (χ0) is 13.7. The minimum Gasteiger partial charge on any atom is -0.464 e. The van der Waals surface area contributed by atoms with Gasteiger partial charge in [0.2, 0.25) is 0 Å². The second kappa shape index (κ2) is 6.72. The number of nitrogens with one attached hydrogen (secondary N) is 1. The van der Waals surface area contributed by atoms with Gasteiger partial charge in [-0.2, -0.15) is 13.9 Å². The number of hydrogen-bond donors (Lipinski definition) is 1. The third kappa shape index (κ3) is 4.68. The van der Waals surface area contributed by atoms with E-state index in [1.807, 2.05) is 13.2 Å². The standard InChI is InChI=1S/C12H15F2N3OS/c1-17-7-9(5-16-17)4-15-6-10-2-3-11(18-10)8-19-12(13)14/h2-3,5,7,12,15H,4,6,8H2,1H3. The lowest BCUT2D eigenvalue weighted by atomic mass is 10.3. The van der Waals surface area contributed by atoms with Crippen LogP contribution in [0.3, 0.4) is 0 Å². The van der Waals surface area contributed by atoms with Gasteiger partial charge in [0.25, 0.3) is 5.76 Å².